The molecule has 12 nitrogen and oxygen atoms in total. The molecule has 0 radical (unpaired) electrons. The summed E-state index contributed by atoms with van der Waals surface area (Å²) < 4.78 is 97.0. The van der Waals surface area contributed by atoms with Crippen LogP contribution in [0.3, 0.4) is 0 Å². The molecule has 422 valence electrons. The minimum atomic E-state index is -3.96. The molecule has 0 aliphatic heterocycles. The van der Waals surface area contributed by atoms with Crippen molar-refractivity contribution < 1.29 is 57.4 Å². The zero-order valence-corrected chi connectivity index (χ0v) is 79.4. The Balaban J connectivity index is 0.000000345. The molecule has 0 amide bonds. The van der Waals surface area contributed by atoms with Crippen LogP contribution >= 0.6 is 260 Å². The summed E-state index contributed by atoms with van der Waals surface area (Å²) in [6.07, 6.45) is 1.43. The second-order valence-corrected chi connectivity index (χ2v) is 423. The number of ether oxygens (including phenoxy) is 2. The Morgan fingerprint density at radius 1 is 0.644 bits per heavy atom. The molecule has 0 saturated heterocycles. The first-order valence-corrected chi connectivity index (χ1v) is 135. The maximum atomic E-state index is 13.8. The van der Waals surface area contributed by atoms with Crippen LogP contribution in [0.25, 0.3) is 22.6 Å². The summed E-state index contributed by atoms with van der Waals surface area (Å²) in [7, 11) is -2.61. The summed E-state index contributed by atoms with van der Waals surface area (Å²) in [6.45, 7) is 3.86. The van der Waals surface area contributed by atoms with Crippen LogP contribution < -0.4 is 33.2 Å². The van der Waals surface area contributed by atoms with Gasteiger partial charge in [-0.1, -0.05) is 68.0 Å². The number of rotatable bonds is 18. The van der Waals surface area contributed by atoms with Crippen molar-refractivity contribution in [1.29, 1.82) is 0 Å². The van der Waals surface area contributed by atoms with E-state index >= 15 is 0 Å². The molecule has 6 aromatic rings. The second kappa shape index (κ2) is 40.1. The molecule has 0 unspecified atom stereocenters. The number of nitrogens with one attached hydrogen (secondary N) is 1. The van der Waals surface area contributed by atoms with E-state index in [9.17, 15) is 25.6 Å². The zero-order valence-electron chi connectivity index (χ0n) is 36.0. The number of hydrogen-bond donors (Lipinski definition) is 2. The van der Waals surface area contributed by atoms with Crippen LogP contribution in [-0.2, 0) is 31.9 Å². The molecule has 0 bridgehead atoms. The maximum absolute atomic E-state index is 13.8. The summed E-state index contributed by atoms with van der Waals surface area (Å²) in [4.78, 5) is 0.0239. The summed E-state index contributed by atoms with van der Waals surface area (Å²) in [5.74, 6) is 0.315. The second-order valence-electron chi connectivity index (χ2n) is 12.2. The molecular weight excluding hydrogens is 3180 g/mol. The van der Waals surface area contributed by atoms with Crippen molar-refractivity contribution in [2.75, 3.05) is 24.7 Å². The van der Waals surface area contributed by atoms with Gasteiger partial charge in [-0.15, -0.1) is 0 Å². The summed E-state index contributed by atoms with van der Waals surface area (Å²) in [5, 5.41) is 7.14. The standard InChI is InChI=1S/C18H17FN2O4S.C9H11ClO3S.C9H7FN2O.CH4.I19/c1-3-12-8-9-15(24-2)17(10-12)26(22,23)21-18-11-16(25-20-18)13-6-4-5-7-14(13)19;1-3-7-4-5-8(13-2)9(6-7)14(10,11)12;10-7-4-2-1-3-6(7)8-5-9(11)12-13-8;;1-11-13(4)15(6)17(8)19(10)18(9)16(7)14(5)12(2)3/h4-11H,3H2,1-2H3,(H,20,21);4-6H,3H2,1-2H3;1-5H,(H2,11,12);1H4;/q;;;;-1. The van der Waals surface area contributed by atoms with Crippen LogP contribution in [0.1, 0.15) is 32.4 Å². The number of sulfonamides is 1. The maximum Gasteiger partial charge on any atom is 0.172 e. The number of aryl methyl sites for hydroxylation is 2. The molecule has 0 aliphatic carbocycles. The van der Waals surface area contributed by atoms with E-state index in [0.29, 0.717) is 31.0 Å². The van der Waals surface area contributed by atoms with Crippen molar-refractivity contribution in [2.45, 2.75) is 43.9 Å². The Morgan fingerprint density at radius 3 is 1.48 bits per heavy atom. The van der Waals surface area contributed by atoms with Gasteiger partial charge in [-0.05, 0) is 72.5 Å². The van der Waals surface area contributed by atoms with Gasteiger partial charge in [-0.25, -0.2) is 25.6 Å². The fourth-order valence-corrected chi connectivity index (χ4v) is 2730. The Morgan fingerprint density at radius 2 is 1.07 bits per heavy atom. The molecule has 2 aromatic heterocycles. The van der Waals surface area contributed by atoms with E-state index in [2.05, 4.69) is 201 Å². The predicted molar refractivity (Wildman–Crippen MR) is 456 cm³/mol. The van der Waals surface area contributed by atoms with Gasteiger partial charge in [0.25, 0.3) is 19.1 Å². The first-order chi connectivity index (χ1) is 33.8. The van der Waals surface area contributed by atoms with E-state index in [1.165, 1.54) is 50.6 Å². The number of aromatic nitrogens is 2. The Hall–Kier alpha value is 8.42. The molecule has 2 heterocycles. The number of anilines is 2. The van der Waals surface area contributed by atoms with Crippen molar-refractivity contribution in [3.8, 4) is 34.1 Å². The average Bonchev–Trinajstić information content (AvgIpc) is 4.02. The van der Waals surface area contributed by atoms with Crippen molar-refractivity contribution in [3.05, 3.63) is 120 Å². The Labute approximate surface area is 564 Å². The number of benzene rings is 4. The van der Waals surface area contributed by atoms with Crippen molar-refractivity contribution in [1.82, 2.24) is 10.3 Å². The van der Waals surface area contributed by atoms with Gasteiger partial charge in [0.15, 0.2) is 23.2 Å². The number of nitrogens with zero attached hydrogens (tertiary/aromatic N) is 2. The van der Waals surface area contributed by atoms with E-state index in [1.54, 1.807) is 54.6 Å². The van der Waals surface area contributed by atoms with Crippen LogP contribution in [0, 0.1) is 11.6 Å². The molecule has 73 heavy (non-hydrogen) atoms. The van der Waals surface area contributed by atoms with Gasteiger partial charge in [-0.2, -0.15) is 0 Å². The van der Waals surface area contributed by atoms with Gasteiger partial charge in [0.2, 0.25) is 0 Å². The Kier molecular flexibility index (Phi) is 42.6. The number of methoxy groups -OCH3 is 2. The molecule has 0 spiro atoms. The third kappa shape index (κ3) is 26.2. The number of nitrogen functional groups attached to an aromatic ring is 1. The van der Waals surface area contributed by atoms with Crippen molar-refractivity contribution in [2.24, 2.45) is 0 Å². The first kappa shape index (κ1) is 77.5. The topological polar surface area (TPSA) is 177 Å². The van der Waals surface area contributed by atoms with E-state index in [4.69, 9.17) is 34.9 Å². The van der Waals surface area contributed by atoms with Gasteiger partial charge in [0.1, 0.15) is 32.9 Å². The van der Waals surface area contributed by atoms with E-state index in [-0.39, 0.29) is 113 Å². The fraction of sp³-hybridized carbons (Fsp3) is 0.189. The quantitative estimate of drug-likeness (QED) is 0.0618. The zero-order chi connectivity index (χ0) is 54.1. The molecule has 4 aromatic carbocycles. The normalized spacial score (nSPS) is 12.6. The molecule has 0 saturated carbocycles. The van der Waals surface area contributed by atoms with Gasteiger partial charge < -0.3 is 24.3 Å². The first-order valence-electron chi connectivity index (χ1n) is 18.3. The monoisotopic (exact) mass is 3220 g/mol. The van der Waals surface area contributed by atoms with Crippen LogP contribution in [-0.4, -0.2) is 41.4 Å². The molecule has 0 atom stereocenters. The van der Waals surface area contributed by atoms with E-state index < -0.39 is 32.8 Å². The number of halogens is 22. The van der Waals surface area contributed by atoms with Gasteiger partial charge in [-0.3, -0.25) is 4.72 Å². The van der Waals surface area contributed by atoms with Gasteiger partial charge in [0.05, 0.1) is 25.3 Å². The van der Waals surface area contributed by atoms with Gasteiger partial charge in [0, 0.05) is 22.8 Å². The minimum Gasteiger partial charge on any atom is -0.381 e. The Bertz CT molecular complexity index is 2890. The van der Waals surface area contributed by atoms with Gasteiger partial charge >= 0.3 is 263 Å². The average molecular weight is 3220 g/mol. The van der Waals surface area contributed by atoms with Crippen LogP contribution in [0.4, 0.5) is 20.4 Å². The number of hydrogen-bond acceptors (Lipinski definition) is 11. The van der Waals surface area contributed by atoms with Crippen molar-refractivity contribution in [3.63, 3.8) is 0 Å². The molecule has 36 heteroatoms. The molecular formula is C37H39ClF2I19N4O8S2-. The molecule has 6 rings (SSSR count). The van der Waals surface area contributed by atoms with E-state index in [0.717, 1.165) is 17.5 Å². The minimum absolute atomic E-state index is 0. The summed E-state index contributed by atoms with van der Waals surface area (Å²) in [6, 6.07) is 25.0. The summed E-state index contributed by atoms with van der Waals surface area (Å²) in [5.41, 5.74) is 7.65. The molecule has 3 N–H and O–H groups in total. The van der Waals surface area contributed by atoms with Crippen LogP contribution in [0.5, 0.6) is 11.5 Å². The summed E-state index contributed by atoms with van der Waals surface area (Å²) >= 11 is 30.9. The van der Waals surface area contributed by atoms with E-state index in [1.807, 2.05) is 19.9 Å². The SMILES string of the molecule is C.CCc1ccc(OC)c(S(=O)(=O)Cl)c1.CCc1ccc(OC)c(S(=O)(=O)Nc2cc(-c3ccccc3F)on2)c1.I[I-]I(I)I(I)I(I)I(I)I(I)I(I)I(I)I(I)I.Nc1cc(-c2ccccc2F)on1. The number of nitrogens with two attached hydrogens (primary N) is 1. The molecule has 0 fully saturated rings. The predicted octanol–water partition coefficient (Wildman–Crippen LogP) is 21.7. The van der Waals surface area contributed by atoms with Crippen molar-refractivity contribution >= 4 is 291 Å². The third-order valence-corrected chi connectivity index (χ3v) is 1250. The van der Waals surface area contributed by atoms with Crippen LogP contribution in [0.15, 0.2) is 116 Å². The fourth-order valence-electron chi connectivity index (χ4n) is 4.86. The third-order valence-electron chi connectivity index (χ3n) is 7.99. The smallest absolute Gasteiger partial charge is 0.172 e. The molecule has 0 aliphatic rings. The largest absolute Gasteiger partial charge is 0.381 e. The van der Waals surface area contributed by atoms with Crippen LogP contribution in [0.2, 0.25) is 0 Å².